The zero-order chi connectivity index (χ0) is 12.4. The minimum atomic E-state index is -0.478. The van der Waals surface area contributed by atoms with Gasteiger partial charge in [-0.05, 0) is 25.1 Å². The number of nitrogens with two attached hydrogens (primary N) is 1. The molecular weight excluding hydrogens is 289 g/mol. The van der Waals surface area contributed by atoms with Crippen molar-refractivity contribution < 1.29 is 9.13 Å². The third-order valence-corrected chi connectivity index (χ3v) is 2.45. The molecule has 0 radical (unpaired) electrons. The number of hydrogen-bond donors (Lipinski definition) is 1. The van der Waals surface area contributed by atoms with Crippen molar-refractivity contribution in [2.75, 3.05) is 5.73 Å². The van der Waals surface area contributed by atoms with E-state index >= 15 is 0 Å². The molecule has 0 atom stereocenters. The zero-order valence-electron chi connectivity index (χ0n) is 8.95. The SMILES string of the molecule is Cc1cc(Oc2ccc(Br)cc2F)nc(N)n1. The van der Waals surface area contributed by atoms with Gasteiger partial charge in [0.2, 0.25) is 11.8 Å². The van der Waals surface area contributed by atoms with Crippen molar-refractivity contribution in [2.45, 2.75) is 6.92 Å². The molecule has 0 spiro atoms. The fourth-order valence-electron chi connectivity index (χ4n) is 1.28. The minimum absolute atomic E-state index is 0.0886. The van der Waals surface area contributed by atoms with Crippen LogP contribution in [0.2, 0.25) is 0 Å². The Morgan fingerprint density at radius 3 is 2.71 bits per heavy atom. The van der Waals surface area contributed by atoms with E-state index in [2.05, 4.69) is 25.9 Å². The Bertz CT molecular complexity index is 542. The van der Waals surface area contributed by atoms with Crippen LogP contribution in [0.4, 0.5) is 10.3 Å². The van der Waals surface area contributed by atoms with Gasteiger partial charge in [-0.15, -0.1) is 0 Å². The summed E-state index contributed by atoms with van der Waals surface area (Å²) in [6, 6.07) is 6.08. The molecular formula is C11H9BrFN3O. The van der Waals surface area contributed by atoms with Gasteiger partial charge in [0.15, 0.2) is 11.6 Å². The molecule has 0 aliphatic heterocycles. The fraction of sp³-hybridized carbons (Fsp3) is 0.0909. The Balaban J connectivity index is 2.31. The molecule has 0 saturated carbocycles. The molecule has 0 aliphatic carbocycles. The lowest BCUT2D eigenvalue weighted by Gasteiger charge is -2.07. The predicted molar refractivity (Wildman–Crippen MR) is 65.4 cm³/mol. The maximum atomic E-state index is 13.5. The summed E-state index contributed by atoms with van der Waals surface area (Å²) in [7, 11) is 0. The molecule has 1 aromatic carbocycles. The Morgan fingerprint density at radius 2 is 2.06 bits per heavy atom. The average Bonchev–Trinajstić information content (AvgIpc) is 2.21. The van der Waals surface area contributed by atoms with Crippen molar-refractivity contribution in [3.05, 3.63) is 40.2 Å². The first-order valence-electron chi connectivity index (χ1n) is 4.78. The van der Waals surface area contributed by atoms with Crippen LogP contribution in [0.3, 0.4) is 0 Å². The summed E-state index contributed by atoms with van der Waals surface area (Å²) in [5, 5.41) is 0. The van der Waals surface area contributed by atoms with E-state index in [1.54, 1.807) is 19.1 Å². The fourth-order valence-corrected chi connectivity index (χ4v) is 1.62. The summed E-state index contributed by atoms with van der Waals surface area (Å²) in [5.41, 5.74) is 6.13. The van der Waals surface area contributed by atoms with E-state index in [9.17, 15) is 4.39 Å². The first kappa shape index (κ1) is 11.8. The number of aromatic nitrogens is 2. The Kier molecular flexibility index (Phi) is 3.23. The Morgan fingerprint density at radius 1 is 1.29 bits per heavy atom. The largest absolute Gasteiger partial charge is 0.436 e. The Labute approximate surface area is 106 Å². The molecule has 2 N–H and O–H groups in total. The van der Waals surface area contributed by atoms with Crippen molar-refractivity contribution in [1.82, 2.24) is 9.97 Å². The van der Waals surface area contributed by atoms with Gasteiger partial charge < -0.3 is 10.5 Å². The van der Waals surface area contributed by atoms with E-state index in [4.69, 9.17) is 10.5 Å². The van der Waals surface area contributed by atoms with E-state index in [-0.39, 0.29) is 17.6 Å². The summed E-state index contributed by atoms with van der Waals surface area (Å²) in [6.07, 6.45) is 0. The molecule has 4 nitrogen and oxygen atoms in total. The number of hydrogen-bond acceptors (Lipinski definition) is 4. The maximum absolute atomic E-state index is 13.5. The van der Waals surface area contributed by atoms with Crippen LogP contribution in [-0.2, 0) is 0 Å². The second-order valence-corrected chi connectivity index (χ2v) is 4.30. The van der Waals surface area contributed by atoms with Gasteiger partial charge >= 0.3 is 0 Å². The average molecular weight is 298 g/mol. The molecule has 88 valence electrons. The lowest BCUT2D eigenvalue weighted by molar-refractivity contribution is 0.426. The highest BCUT2D eigenvalue weighted by atomic mass is 79.9. The number of anilines is 1. The normalized spacial score (nSPS) is 10.3. The standard InChI is InChI=1S/C11H9BrFN3O/c1-6-4-10(16-11(14)15-6)17-9-3-2-7(12)5-8(9)13/h2-5H,1H3,(H2,14,15,16). The summed E-state index contributed by atoms with van der Waals surface area (Å²) in [5.74, 6) is -0.0753. The Hall–Kier alpha value is -1.69. The van der Waals surface area contributed by atoms with E-state index in [0.717, 1.165) is 0 Å². The molecule has 6 heteroatoms. The number of rotatable bonds is 2. The van der Waals surface area contributed by atoms with Crippen LogP contribution < -0.4 is 10.5 Å². The van der Waals surface area contributed by atoms with Gasteiger partial charge in [0.25, 0.3) is 0 Å². The second kappa shape index (κ2) is 4.67. The predicted octanol–water partition coefficient (Wildman–Crippen LogP) is 3.06. The van der Waals surface area contributed by atoms with Gasteiger partial charge in [0.05, 0.1) is 0 Å². The van der Waals surface area contributed by atoms with Crippen molar-refractivity contribution in [1.29, 1.82) is 0 Å². The lowest BCUT2D eigenvalue weighted by Crippen LogP contribution is -1.99. The van der Waals surface area contributed by atoms with Gasteiger partial charge in [-0.25, -0.2) is 9.37 Å². The number of nitrogens with zero attached hydrogens (tertiary/aromatic N) is 2. The van der Waals surface area contributed by atoms with E-state index in [0.29, 0.717) is 10.2 Å². The first-order chi connectivity index (χ1) is 8.04. The van der Waals surface area contributed by atoms with E-state index < -0.39 is 5.82 Å². The van der Waals surface area contributed by atoms with Gasteiger partial charge in [0.1, 0.15) is 0 Å². The number of ether oxygens (including phenoxy) is 1. The summed E-state index contributed by atoms with van der Waals surface area (Å²) < 4.78 is 19.4. The highest BCUT2D eigenvalue weighted by Gasteiger charge is 2.07. The molecule has 0 bridgehead atoms. The van der Waals surface area contributed by atoms with Crippen LogP contribution in [-0.4, -0.2) is 9.97 Å². The van der Waals surface area contributed by atoms with Gasteiger partial charge in [-0.1, -0.05) is 15.9 Å². The van der Waals surface area contributed by atoms with Crippen LogP contribution in [0.25, 0.3) is 0 Å². The molecule has 0 aliphatic rings. The van der Waals surface area contributed by atoms with Crippen LogP contribution >= 0.6 is 15.9 Å². The smallest absolute Gasteiger partial charge is 0.224 e. The van der Waals surface area contributed by atoms with Crippen molar-refractivity contribution in [3.8, 4) is 11.6 Å². The molecule has 1 heterocycles. The second-order valence-electron chi connectivity index (χ2n) is 3.38. The molecule has 0 fully saturated rings. The molecule has 2 rings (SSSR count). The zero-order valence-corrected chi connectivity index (χ0v) is 10.5. The van der Waals surface area contributed by atoms with Crippen LogP contribution in [0.5, 0.6) is 11.6 Å². The summed E-state index contributed by atoms with van der Waals surface area (Å²) in [4.78, 5) is 7.76. The van der Waals surface area contributed by atoms with Crippen molar-refractivity contribution in [3.63, 3.8) is 0 Å². The van der Waals surface area contributed by atoms with Gasteiger partial charge in [-0.3, -0.25) is 0 Å². The van der Waals surface area contributed by atoms with Crippen molar-refractivity contribution in [2.24, 2.45) is 0 Å². The monoisotopic (exact) mass is 297 g/mol. The molecule has 0 saturated heterocycles. The lowest BCUT2D eigenvalue weighted by atomic mass is 10.3. The van der Waals surface area contributed by atoms with Crippen LogP contribution in [0.15, 0.2) is 28.7 Å². The summed E-state index contributed by atoms with van der Waals surface area (Å²) >= 11 is 3.16. The third kappa shape index (κ3) is 2.91. The number of nitrogen functional groups attached to an aromatic ring is 1. The number of benzene rings is 1. The van der Waals surface area contributed by atoms with Gasteiger partial charge in [-0.2, -0.15) is 4.98 Å². The quantitative estimate of drug-likeness (QED) is 0.925. The highest BCUT2D eigenvalue weighted by Crippen LogP contribution is 2.26. The molecule has 17 heavy (non-hydrogen) atoms. The molecule has 2 aromatic rings. The summed E-state index contributed by atoms with van der Waals surface area (Å²) in [6.45, 7) is 1.75. The number of halogens is 2. The van der Waals surface area contributed by atoms with Crippen LogP contribution in [0, 0.1) is 12.7 Å². The molecule has 0 unspecified atom stereocenters. The number of aryl methyl sites for hydroxylation is 1. The van der Waals surface area contributed by atoms with Crippen molar-refractivity contribution >= 4 is 21.9 Å². The molecule has 0 amide bonds. The van der Waals surface area contributed by atoms with E-state index in [1.807, 2.05) is 0 Å². The topological polar surface area (TPSA) is 61.0 Å². The molecule has 1 aromatic heterocycles. The minimum Gasteiger partial charge on any atom is -0.436 e. The van der Waals surface area contributed by atoms with Crippen LogP contribution in [0.1, 0.15) is 5.69 Å². The first-order valence-corrected chi connectivity index (χ1v) is 5.58. The third-order valence-electron chi connectivity index (χ3n) is 1.96. The van der Waals surface area contributed by atoms with Gasteiger partial charge in [0, 0.05) is 16.2 Å². The van der Waals surface area contributed by atoms with E-state index in [1.165, 1.54) is 12.1 Å². The highest BCUT2D eigenvalue weighted by molar-refractivity contribution is 9.10. The maximum Gasteiger partial charge on any atom is 0.224 e.